The number of carboxylic acids is 1. The Hall–Kier alpha value is -2.68. The van der Waals surface area contributed by atoms with Crippen LogP contribution in [0.15, 0.2) is 17.8 Å². The summed E-state index contributed by atoms with van der Waals surface area (Å²) in [5.41, 5.74) is 2.54. The molecule has 122 valence electrons. The average molecular weight is 323 g/mol. The zero-order valence-electron chi connectivity index (χ0n) is 13.2. The van der Waals surface area contributed by atoms with E-state index in [2.05, 4.69) is 9.88 Å². The number of ketones is 1. The highest BCUT2D eigenvalue weighted by atomic mass is 16.4. The average Bonchev–Trinajstić information content (AvgIpc) is 3.33. The predicted molar refractivity (Wildman–Crippen MR) is 84.9 cm³/mol. The molecule has 0 aromatic carbocycles. The van der Waals surface area contributed by atoms with Gasteiger partial charge in [-0.15, -0.1) is 0 Å². The number of allylic oxidation sites excluding steroid dienone is 1. The van der Waals surface area contributed by atoms with Crippen LogP contribution in [0.25, 0.3) is 5.70 Å². The molecular weight excluding hydrogens is 306 g/mol. The summed E-state index contributed by atoms with van der Waals surface area (Å²) in [5.74, 6) is -1.32. The van der Waals surface area contributed by atoms with E-state index < -0.39 is 5.97 Å². The number of hydrogen-bond acceptors (Lipinski definition) is 5. The first-order chi connectivity index (χ1) is 11.5. The Morgan fingerprint density at radius 2 is 2.00 bits per heavy atom. The first-order valence-electron chi connectivity index (χ1n) is 8.18. The van der Waals surface area contributed by atoms with Gasteiger partial charge in [0.25, 0.3) is 0 Å². The van der Waals surface area contributed by atoms with Gasteiger partial charge < -0.3 is 10.0 Å². The Kier molecular flexibility index (Phi) is 3.20. The van der Waals surface area contributed by atoms with E-state index in [1.54, 1.807) is 0 Å². The maximum absolute atomic E-state index is 12.3. The van der Waals surface area contributed by atoms with Crippen molar-refractivity contribution in [3.05, 3.63) is 34.7 Å². The molecule has 6 nitrogen and oxygen atoms in total. The summed E-state index contributed by atoms with van der Waals surface area (Å²) in [6, 6.07) is 3.55. The van der Waals surface area contributed by atoms with Crippen molar-refractivity contribution in [3.8, 4) is 6.07 Å². The lowest BCUT2D eigenvalue weighted by molar-refractivity contribution is -0.114. The lowest BCUT2D eigenvalue weighted by atomic mass is 9.86. The van der Waals surface area contributed by atoms with Gasteiger partial charge in [-0.2, -0.15) is 5.26 Å². The predicted octanol–water partition coefficient (Wildman–Crippen LogP) is 2.02. The van der Waals surface area contributed by atoms with E-state index in [0.29, 0.717) is 22.2 Å². The van der Waals surface area contributed by atoms with Crippen molar-refractivity contribution < 1.29 is 14.7 Å². The molecule has 2 heterocycles. The number of likely N-dealkylation sites (tertiary alicyclic amines) is 1. The van der Waals surface area contributed by atoms with Crippen molar-refractivity contribution in [1.29, 1.82) is 5.26 Å². The molecule has 24 heavy (non-hydrogen) atoms. The minimum absolute atomic E-state index is 0.0615. The van der Waals surface area contributed by atoms with E-state index in [1.165, 1.54) is 25.1 Å². The second-order valence-corrected chi connectivity index (χ2v) is 6.95. The third-order valence-electron chi connectivity index (χ3n) is 5.54. The lowest BCUT2D eigenvalue weighted by Gasteiger charge is -2.37. The van der Waals surface area contributed by atoms with Crippen LogP contribution in [0, 0.1) is 16.7 Å². The first kappa shape index (κ1) is 14.9. The van der Waals surface area contributed by atoms with Gasteiger partial charge in [0, 0.05) is 31.3 Å². The van der Waals surface area contributed by atoms with E-state index in [0.717, 1.165) is 25.9 Å². The lowest BCUT2D eigenvalue weighted by Crippen LogP contribution is -2.36. The van der Waals surface area contributed by atoms with Crippen molar-refractivity contribution in [2.75, 3.05) is 13.1 Å². The molecule has 0 radical (unpaired) electrons. The molecule has 1 spiro atoms. The molecule has 3 aliphatic rings. The van der Waals surface area contributed by atoms with E-state index in [1.807, 2.05) is 6.07 Å². The van der Waals surface area contributed by atoms with Gasteiger partial charge in [-0.05, 0) is 42.7 Å². The molecule has 1 N–H and O–H groups in total. The van der Waals surface area contributed by atoms with Crippen LogP contribution in [0.1, 0.15) is 47.3 Å². The second kappa shape index (κ2) is 5.17. The van der Waals surface area contributed by atoms with Crippen LogP contribution in [-0.2, 0) is 11.2 Å². The van der Waals surface area contributed by atoms with E-state index in [9.17, 15) is 20.0 Å². The summed E-state index contributed by atoms with van der Waals surface area (Å²) in [6.07, 6.45) is 6.23. The quantitative estimate of drug-likeness (QED) is 0.895. The number of rotatable bonds is 2. The van der Waals surface area contributed by atoms with Gasteiger partial charge in [0.2, 0.25) is 0 Å². The van der Waals surface area contributed by atoms with Gasteiger partial charge in [0.1, 0.15) is 17.3 Å². The second-order valence-electron chi connectivity index (χ2n) is 6.95. The largest absolute Gasteiger partial charge is 0.477 e. The molecule has 1 saturated carbocycles. The molecule has 1 aromatic heterocycles. The molecule has 0 atom stereocenters. The highest BCUT2D eigenvalue weighted by molar-refractivity contribution is 6.10. The zero-order chi connectivity index (χ0) is 16.9. The molecule has 0 unspecified atom stereocenters. The van der Waals surface area contributed by atoms with Gasteiger partial charge in [0.05, 0.1) is 5.70 Å². The Bertz CT molecular complexity index is 820. The smallest absolute Gasteiger partial charge is 0.354 e. The number of pyridine rings is 1. The zero-order valence-corrected chi connectivity index (χ0v) is 13.2. The third-order valence-corrected chi connectivity index (χ3v) is 5.54. The Morgan fingerprint density at radius 1 is 1.29 bits per heavy atom. The van der Waals surface area contributed by atoms with Crippen LogP contribution >= 0.6 is 0 Å². The standard InChI is InChI=1S/C18H17N3O3/c19-9-13-15(22)7-11-10-20-14(17(23)24)8-12(11)16(13)21-5-3-18(1-2-18)4-6-21/h8,10H,1-7H2,(H,23,24). The van der Waals surface area contributed by atoms with Crippen LogP contribution in [-0.4, -0.2) is 39.8 Å². The highest BCUT2D eigenvalue weighted by Gasteiger charge is 2.45. The Balaban J connectivity index is 1.79. The van der Waals surface area contributed by atoms with Crippen LogP contribution in [0.4, 0.5) is 0 Å². The minimum Gasteiger partial charge on any atom is -0.477 e. The number of fused-ring (bicyclic) bond motifs is 1. The van der Waals surface area contributed by atoms with Crippen molar-refractivity contribution in [2.24, 2.45) is 5.41 Å². The maximum Gasteiger partial charge on any atom is 0.354 e. The maximum atomic E-state index is 12.3. The topological polar surface area (TPSA) is 94.3 Å². The fourth-order valence-electron chi connectivity index (χ4n) is 3.82. The monoisotopic (exact) mass is 323 g/mol. The number of aromatic carboxylic acids is 1. The minimum atomic E-state index is -1.11. The molecule has 6 heteroatoms. The number of carbonyl (C=O) groups is 2. The van der Waals surface area contributed by atoms with E-state index >= 15 is 0 Å². The van der Waals surface area contributed by atoms with Gasteiger partial charge in [-0.3, -0.25) is 4.79 Å². The molecule has 2 aliphatic carbocycles. The van der Waals surface area contributed by atoms with E-state index in [4.69, 9.17) is 0 Å². The molecule has 4 rings (SSSR count). The van der Waals surface area contributed by atoms with Crippen molar-refractivity contribution in [3.63, 3.8) is 0 Å². The molecule has 0 amide bonds. The molecule has 1 aliphatic heterocycles. The van der Waals surface area contributed by atoms with Crippen molar-refractivity contribution in [1.82, 2.24) is 9.88 Å². The highest BCUT2D eigenvalue weighted by Crippen LogP contribution is 2.54. The fraction of sp³-hybridized carbons (Fsp3) is 0.444. The van der Waals surface area contributed by atoms with Gasteiger partial charge in [0.15, 0.2) is 5.78 Å². The Morgan fingerprint density at radius 3 is 2.58 bits per heavy atom. The molecule has 1 aromatic rings. The Labute approximate surface area is 139 Å². The number of aromatic nitrogens is 1. The van der Waals surface area contributed by atoms with Gasteiger partial charge in [-0.25, -0.2) is 9.78 Å². The molecule has 2 fully saturated rings. The number of carbonyl (C=O) groups excluding carboxylic acids is 1. The van der Waals surface area contributed by atoms with Crippen LogP contribution in [0.2, 0.25) is 0 Å². The summed E-state index contributed by atoms with van der Waals surface area (Å²) in [7, 11) is 0. The van der Waals surface area contributed by atoms with E-state index in [-0.39, 0.29) is 23.5 Å². The molecule has 0 bridgehead atoms. The number of nitrogens with zero attached hydrogens (tertiary/aromatic N) is 3. The van der Waals surface area contributed by atoms with Crippen LogP contribution in [0.3, 0.4) is 0 Å². The SMILES string of the molecule is N#CC1=C(N2CCC3(CC2)CC3)c2cc(C(=O)O)ncc2CC1=O. The summed E-state index contributed by atoms with van der Waals surface area (Å²) in [4.78, 5) is 29.6. The van der Waals surface area contributed by atoms with Gasteiger partial charge in [-0.1, -0.05) is 0 Å². The van der Waals surface area contributed by atoms with Crippen LogP contribution < -0.4 is 0 Å². The van der Waals surface area contributed by atoms with Crippen molar-refractivity contribution in [2.45, 2.75) is 32.1 Å². The van der Waals surface area contributed by atoms with Gasteiger partial charge >= 0.3 is 5.97 Å². The number of carboxylic acid groups (broad SMARTS) is 1. The first-order valence-corrected chi connectivity index (χ1v) is 8.18. The summed E-state index contributed by atoms with van der Waals surface area (Å²) in [5, 5.41) is 18.7. The molecular formula is C18H17N3O3. The molecule has 1 saturated heterocycles. The number of piperidine rings is 1. The number of hydrogen-bond donors (Lipinski definition) is 1. The summed E-state index contributed by atoms with van der Waals surface area (Å²) >= 11 is 0. The summed E-state index contributed by atoms with van der Waals surface area (Å²) in [6.45, 7) is 1.61. The number of nitriles is 1. The summed E-state index contributed by atoms with van der Waals surface area (Å²) < 4.78 is 0. The third kappa shape index (κ3) is 2.28. The number of Topliss-reactive ketones (excluding diaryl/α,β-unsaturated/α-hetero) is 1. The normalized spacial score (nSPS) is 21.5. The van der Waals surface area contributed by atoms with Crippen molar-refractivity contribution >= 4 is 17.4 Å². The van der Waals surface area contributed by atoms with Crippen LogP contribution in [0.5, 0.6) is 0 Å². The fourth-order valence-corrected chi connectivity index (χ4v) is 3.82.